The Morgan fingerprint density at radius 2 is 0.929 bits per heavy atom. The molecule has 0 amide bonds. The first kappa shape index (κ1) is 23.6. The van der Waals surface area contributed by atoms with Crippen LogP contribution in [0.1, 0.15) is 11.1 Å². The first-order valence-corrected chi connectivity index (χ1v) is 9.34. The second-order valence-corrected chi connectivity index (χ2v) is 6.09. The molecule has 0 unspecified atom stereocenters. The monoisotopic (exact) mass is 390 g/mol. The summed E-state index contributed by atoms with van der Waals surface area (Å²) in [6.07, 6.45) is 1.99. The molecule has 0 radical (unpaired) electrons. The highest BCUT2D eigenvalue weighted by atomic mass is 16.5. The highest BCUT2D eigenvalue weighted by molar-refractivity contribution is 5.43. The van der Waals surface area contributed by atoms with Crippen molar-refractivity contribution >= 4 is 0 Å². The van der Waals surface area contributed by atoms with Crippen molar-refractivity contribution in [3.63, 3.8) is 0 Å². The minimum absolute atomic E-state index is 0.778. The van der Waals surface area contributed by atoms with Gasteiger partial charge in [-0.1, -0.05) is 12.1 Å². The van der Waals surface area contributed by atoms with E-state index < -0.39 is 0 Å². The first-order chi connectivity index (χ1) is 13.6. The maximum Gasteiger partial charge on any atom is 0.160 e. The van der Waals surface area contributed by atoms with Gasteiger partial charge in [-0.2, -0.15) is 0 Å². The maximum atomic E-state index is 5.21. The quantitative estimate of drug-likeness (QED) is 0.650. The molecule has 28 heavy (non-hydrogen) atoms. The van der Waals surface area contributed by atoms with Crippen LogP contribution in [0.5, 0.6) is 23.0 Å². The van der Waals surface area contributed by atoms with Crippen LogP contribution in [0.3, 0.4) is 0 Å². The van der Waals surface area contributed by atoms with Crippen LogP contribution in [0, 0.1) is 0 Å². The zero-order valence-corrected chi connectivity index (χ0v) is 17.9. The van der Waals surface area contributed by atoms with Gasteiger partial charge >= 0.3 is 0 Å². The van der Waals surface area contributed by atoms with E-state index in [9.17, 15) is 0 Å². The van der Waals surface area contributed by atoms with Crippen molar-refractivity contribution in [2.24, 2.45) is 0 Å². The van der Waals surface area contributed by atoms with Gasteiger partial charge in [-0.15, -0.1) is 0 Å². The van der Waals surface area contributed by atoms with E-state index in [-0.39, 0.29) is 0 Å². The third kappa shape index (κ3) is 7.66. The molecule has 0 saturated heterocycles. The van der Waals surface area contributed by atoms with Crippen LogP contribution in [-0.2, 0) is 12.8 Å². The predicted octanol–water partition coefficient (Wildman–Crippen LogP) is 2.93. The molecule has 0 aliphatic rings. The predicted molar refractivity (Wildman–Crippen MR) is 114 cm³/mol. The van der Waals surface area contributed by atoms with Crippen molar-refractivity contribution in [3.8, 4) is 23.0 Å². The Kier molecular flexibility index (Phi) is 11.5. The summed E-state index contributed by atoms with van der Waals surface area (Å²) in [5, 5.41) is 6.22. The molecule has 0 aliphatic carbocycles. The fourth-order valence-electron chi connectivity index (χ4n) is 2.61. The number of benzene rings is 2. The Morgan fingerprint density at radius 3 is 1.21 bits per heavy atom. The normalized spacial score (nSPS) is 9.93. The van der Waals surface area contributed by atoms with Gasteiger partial charge < -0.3 is 29.6 Å². The van der Waals surface area contributed by atoms with Gasteiger partial charge in [0.25, 0.3) is 0 Å². The smallest absolute Gasteiger partial charge is 0.160 e. The number of nitrogens with one attached hydrogen (secondary N) is 2. The summed E-state index contributed by atoms with van der Waals surface area (Å²) < 4.78 is 20.7. The van der Waals surface area contributed by atoms with E-state index in [0.717, 1.165) is 48.9 Å². The maximum absolute atomic E-state index is 5.21. The molecule has 0 heterocycles. The lowest BCUT2D eigenvalue weighted by Crippen LogP contribution is -2.10. The summed E-state index contributed by atoms with van der Waals surface area (Å²) in [6.45, 7) is 1.94. The number of hydrogen-bond donors (Lipinski definition) is 2. The molecule has 0 fully saturated rings. The highest BCUT2D eigenvalue weighted by Gasteiger charge is 2.04. The van der Waals surface area contributed by atoms with Gasteiger partial charge in [-0.25, -0.2) is 0 Å². The average molecular weight is 391 g/mol. The largest absolute Gasteiger partial charge is 0.493 e. The summed E-state index contributed by atoms with van der Waals surface area (Å²) in [7, 11) is 10.5. The summed E-state index contributed by atoms with van der Waals surface area (Å²) in [5.41, 5.74) is 2.49. The number of ether oxygens (including phenoxy) is 4. The molecule has 0 aliphatic heterocycles. The van der Waals surface area contributed by atoms with Crippen molar-refractivity contribution in [2.45, 2.75) is 12.8 Å². The Morgan fingerprint density at radius 1 is 0.571 bits per heavy atom. The molecular formula is C22H34N2O4. The minimum atomic E-state index is 0.778. The summed E-state index contributed by atoms with van der Waals surface area (Å²) in [5.74, 6) is 3.14. The van der Waals surface area contributed by atoms with Gasteiger partial charge in [0, 0.05) is 0 Å². The van der Waals surface area contributed by atoms with Crippen molar-refractivity contribution in [2.75, 3.05) is 55.6 Å². The summed E-state index contributed by atoms with van der Waals surface area (Å²) >= 11 is 0. The Labute approximate surface area is 169 Å². The molecule has 156 valence electrons. The Hall–Kier alpha value is -2.44. The minimum Gasteiger partial charge on any atom is -0.493 e. The summed E-state index contributed by atoms with van der Waals surface area (Å²) in [6, 6.07) is 12.0. The fourth-order valence-corrected chi connectivity index (χ4v) is 2.61. The second kappa shape index (κ2) is 13.7. The molecule has 0 saturated carbocycles. The lowest BCUT2D eigenvalue weighted by atomic mass is 10.1. The molecular weight excluding hydrogens is 356 g/mol. The van der Waals surface area contributed by atoms with Gasteiger partial charge in [0.1, 0.15) is 0 Å². The molecule has 6 heteroatoms. The molecule has 0 bridgehead atoms. The van der Waals surface area contributed by atoms with E-state index in [1.54, 1.807) is 28.4 Å². The number of methoxy groups -OCH3 is 4. The Balaban J connectivity index is 0.000000280. The average Bonchev–Trinajstić information content (AvgIpc) is 2.76. The summed E-state index contributed by atoms with van der Waals surface area (Å²) in [4.78, 5) is 0. The van der Waals surface area contributed by atoms with E-state index in [1.165, 1.54) is 11.1 Å². The van der Waals surface area contributed by atoms with Crippen molar-refractivity contribution in [1.29, 1.82) is 0 Å². The second-order valence-electron chi connectivity index (χ2n) is 6.09. The Bertz CT molecular complexity index is 633. The van der Waals surface area contributed by atoms with Crippen LogP contribution in [0.25, 0.3) is 0 Å². The number of hydrogen-bond acceptors (Lipinski definition) is 6. The van der Waals surface area contributed by atoms with Crippen molar-refractivity contribution in [3.05, 3.63) is 47.5 Å². The van der Waals surface area contributed by atoms with Gasteiger partial charge in [0.15, 0.2) is 23.0 Å². The molecule has 0 spiro atoms. The van der Waals surface area contributed by atoms with E-state index in [4.69, 9.17) is 18.9 Å². The molecule has 2 rings (SSSR count). The fraction of sp³-hybridized carbons (Fsp3) is 0.455. The lowest BCUT2D eigenvalue weighted by molar-refractivity contribution is 0.354. The van der Waals surface area contributed by atoms with Crippen LogP contribution in [-0.4, -0.2) is 55.6 Å². The van der Waals surface area contributed by atoms with E-state index in [0.29, 0.717) is 0 Å². The molecule has 0 aromatic heterocycles. The van der Waals surface area contributed by atoms with Crippen LogP contribution < -0.4 is 29.6 Å². The van der Waals surface area contributed by atoms with E-state index >= 15 is 0 Å². The molecule has 2 aromatic carbocycles. The number of rotatable bonds is 10. The van der Waals surface area contributed by atoms with Crippen molar-refractivity contribution < 1.29 is 18.9 Å². The zero-order valence-electron chi connectivity index (χ0n) is 17.9. The third-order valence-corrected chi connectivity index (χ3v) is 4.22. The van der Waals surface area contributed by atoms with Crippen molar-refractivity contribution in [1.82, 2.24) is 10.6 Å². The third-order valence-electron chi connectivity index (χ3n) is 4.22. The molecule has 6 nitrogen and oxygen atoms in total. The van der Waals surface area contributed by atoms with Gasteiger partial charge in [0.2, 0.25) is 0 Å². The van der Waals surface area contributed by atoms with Crippen LogP contribution >= 0.6 is 0 Å². The first-order valence-electron chi connectivity index (χ1n) is 9.34. The van der Waals surface area contributed by atoms with E-state index in [1.807, 2.05) is 38.4 Å². The highest BCUT2D eigenvalue weighted by Crippen LogP contribution is 2.28. The van der Waals surface area contributed by atoms with Gasteiger partial charge in [-0.3, -0.25) is 0 Å². The lowest BCUT2D eigenvalue weighted by Gasteiger charge is -2.09. The van der Waals surface area contributed by atoms with Gasteiger partial charge in [0.05, 0.1) is 28.4 Å². The van der Waals surface area contributed by atoms with E-state index in [2.05, 4.69) is 22.8 Å². The van der Waals surface area contributed by atoms with Crippen LogP contribution in [0.2, 0.25) is 0 Å². The van der Waals surface area contributed by atoms with Crippen LogP contribution in [0.4, 0.5) is 0 Å². The topological polar surface area (TPSA) is 61.0 Å². The van der Waals surface area contributed by atoms with Crippen LogP contribution in [0.15, 0.2) is 36.4 Å². The molecule has 2 aromatic rings. The molecule has 0 atom stereocenters. The standard InChI is InChI=1S/2C11H17NO2/c2*1-12-7-6-9-4-5-10(13-2)11(8-9)14-3/h2*4-5,8,12H,6-7H2,1-3H3. The number of likely N-dealkylation sites (N-methyl/N-ethyl adjacent to an activating group) is 2. The van der Waals surface area contributed by atoms with Gasteiger partial charge in [-0.05, 0) is 75.4 Å². The molecule has 2 N–H and O–H groups in total. The SMILES string of the molecule is CNCCc1ccc(OC)c(OC)c1.CNCCc1ccc(OC)c(OC)c1. The zero-order chi connectivity index (χ0) is 20.8.